The van der Waals surface area contributed by atoms with E-state index in [1.54, 1.807) is 18.3 Å². The van der Waals surface area contributed by atoms with Gasteiger partial charge < -0.3 is 5.73 Å². The maximum absolute atomic E-state index is 13.2. The van der Waals surface area contributed by atoms with Crippen molar-refractivity contribution in [3.05, 3.63) is 48.2 Å². The fraction of sp³-hybridized carbons (Fsp3) is 0. The number of nitrogens with two attached hydrogens (primary N) is 1. The van der Waals surface area contributed by atoms with Crippen molar-refractivity contribution in [2.24, 2.45) is 0 Å². The summed E-state index contributed by atoms with van der Waals surface area (Å²) in [5.41, 5.74) is 7.04. The number of nitrogens with zero attached hydrogens (tertiary/aromatic N) is 3. The zero-order valence-corrected chi connectivity index (χ0v) is 9.14. The molecule has 1 aromatic carbocycles. The highest BCUT2D eigenvalue weighted by Crippen LogP contribution is 2.22. The Morgan fingerprint density at radius 2 is 1.83 bits per heavy atom. The molecule has 6 heteroatoms. The minimum absolute atomic E-state index is 0.133. The maximum Gasteiger partial charge on any atom is 0.207 e. The van der Waals surface area contributed by atoms with E-state index in [9.17, 15) is 8.78 Å². The van der Waals surface area contributed by atoms with Crippen LogP contribution in [0.4, 0.5) is 14.7 Å². The van der Waals surface area contributed by atoms with E-state index in [2.05, 4.69) is 9.97 Å². The van der Waals surface area contributed by atoms with E-state index in [1.807, 2.05) is 0 Å². The molecule has 2 aromatic heterocycles. The predicted octanol–water partition coefficient (Wildman–Crippen LogP) is 2.28. The molecule has 0 saturated heterocycles. The monoisotopic (exact) mass is 246 g/mol. The van der Waals surface area contributed by atoms with E-state index in [4.69, 9.17) is 5.73 Å². The average molecular weight is 246 g/mol. The Hall–Kier alpha value is -2.50. The van der Waals surface area contributed by atoms with Gasteiger partial charge in [0.15, 0.2) is 5.65 Å². The molecule has 90 valence electrons. The highest BCUT2D eigenvalue weighted by molar-refractivity contribution is 5.76. The van der Waals surface area contributed by atoms with Crippen LogP contribution in [0, 0.1) is 11.6 Å². The molecule has 0 saturated carbocycles. The number of rotatable bonds is 1. The highest BCUT2D eigenvalue weighted by Gasteiger charge is 2.12. The number of anilines is 1. The number of hydrogen-bond acceptors (Lipinski definition) is 3. The van der Waals surface area contributed by atoms with Gasteiger partial charge in [0.1, 0.15) is 17.2 Å². The molecule has 0 aliphatic carbocycles. The Bertz CT molecular complexity index is 716. The molecule has 0 fully saturated rings. The molecular formula is C12H8F2N4. The Morgan fingerprint density at radius 1 is 1.11 bits per heavy atom. The number of aromatic nitrogens is 3. The topological polar surface area (TPSA) is 56.7 Å². The average Bonchev–Trinajstić information content (AvgIpc) is 2.63. The minimum Gasteiger partial charge on any atom is -0.369 e. The summed E-state index contributed by atoms with van der Waals surface area (Å²) in [5.74, 6) is -1.22. The maximum atomic E-state index is 13.2. The van der Waals surface area contributed by atoms with Crippen LogP contribution in [0.2, 0.25) is 0 Å². The molecule has 0 amide bonds. The second-order valence-corrected chi connectivity index (χ2v) is 3.78. The van der Waals surface area contributed by atoms with Crippen molar-refractivity contribution in [3.8, 4) is 5.69 Å². The van der Waals surface area contributed by atoms with Crippen LogP contribution in [0.3, 0.4) is 0 Å². The first-order chi connectivity index (χ1) is 8.65. The minimum atomic E-state index is -0.679. The van der Waals surface area contributed by atoms with Crippen LogP contribution >= 0.6 is 0 Å². The summed E-state index contributed by atoms with van der Waals surface area (Å²) in [6, 6.07) is 6.59. The lowest BCUT2D eigenvalue weighted by Gasteiger charge is -2.05. The van der Waals surface area contributed by atoms with Gasteiger partial charge in [-0.25, -0.2) is 18.7 Å². The summed E-state index contributed by atoms with van der Waals surface area (Å²) in [5, 5.41) is 0. The molecule has 0 bridgehead atoms. The number of pyridine rings is 1. The van der Waals surface area contributed by atoms with Crippen LogP contribution in [0.1, 0.15) is 0 Å². The SMILES string of the molecule is Nc1nc2cccnc2n1-c1cc(F)cc(F)c1. The number of imidazole rings is 1. The molecule has 2 N–H and O–H groups in total. The van der Waals surface area contributed by atoms with Crippen molar-refractivity contribution in [1.82, 2.24) is 14.5 Å². The fourth-order valence-corrected chi connectivity index (χ4v) is 1.85. The second-order valence-electron chi connectivity index (χ2n) is 3.78. The van der Waals surface area contributed by atoms with Gasteiger partial charge in [-0.05, 0) is 24.3 Å². The lowest BCUT2D eigenvalue weighted by molar-refractivity contribution is 0.582. The summed E-state index contributed by atoms with van der Waals surface area (Å²) in [6.07, 6.45) is 1.57. The molecule has 0 unspecified atom stereocenters. The van der Waals surface area contributed by atoms with E-state index in [-0.39, 0.29) is 11.6 Å². The van der Waals surface area contributed by atoms with Gasteiger partial charge >= 0.3 is 0 Å². The third-order valence-corrected chi connectivity index (χ3v) is 2.55. The Balaban J connectivity index is 2.34. The molecule has 0 atom stereocenters. The van der Waals surface area contributed by atoms with E-state index in [1.165, 1.54) is 16.7 Å². The molecule has 0 aliphatic rings. The van der Waals surface area contributed by atoms with Crippen molar-refractivity contribution < 1.29 is 8.78 Å². The molecule has 18 heavy (non-hydrogen) atoms. The van der Waals surface area contributed by atoms with E-state index in [0.717, 1.165) is 6.07 Å². The smallest absolute Gasteiger partial charge is 0.207 e. The van der Waals surface area contributed by atoms with Gasteiger partial charge in [0, 0.05) is 12.3 Å². The Kier molecular flexibility index (Phi) is 2.22. The number of halogens is 2. The van der Waals surface area contributed by atoms with Crippen LogP contribution in [-0.2, 0) is 0 Å². The lowest BCUT2D eigenvalue weighted by Crippen LogP contribution is -2.02. The molecule has 0 aliphatic heterocycles. The molecule has 3 rings (SSSR count). The number of hydrogen-bond donors (Lipinski definition) is 1. The van der Waals surface area contributed by atoms with E-state index in [0.29, 0.717) is 11.2 Å². The molecule has 0 spiro atoms. The van der Waals surface area contributed by atoms with E-state index < -0.39 is 11.6 Å². The van der Waals surface area contributed by atoms with Gasteiger partial charge in [-0.1, -0.05) is 0 Å². The van der Waals surface area contributed by atoms with Gasteiger partial charge in [-0.15, -0.1) is 0 Å². The van der Waals surface area contributed by atoms with Crippen LogP contribution < -0.4 is 5.73 Å². The van der Waals surface area contributed by atoms with Crippen LogP contribution in [0.5, 0.6) is 0 Å². The number of nitrogen functional groups attached to an aromatic ring is 1. The summed E-state index contributed by atoms with van der Waals surface area (Å²) in [7, 11) is 0. The standard InChI is InChI=1S/C12H8F2N4/c13-7-4-8(14)6-9(5-7)18-11-10(17-12(18)15)2-1-3-16-11/h1-6H,(H2,15,17). The third-order valence-electron chi connectivity index (χ3n) is 2.55. The predicted molar refractivity (Wildman–Crippen MR) is 63.2 cm³/mol. The normalized spacial score (nSPS) is 11.0. The Morgan fingerprint density at radius 3 is 2.56 bits per heavy atom. The van der Waals surface area contributed by atoms with Gasteiger partial charge in [0.25, 0.3) is 0 Å². The zero-order chi connectivity index (χ0) is 12.7. The molecule has 2 heterocycles. The van der Waals surface area contributed by atoms with Crippen molar-refractivity contribution in [1.29, 1.82) is 0 Å². The van der Waals surface area contributed by atoms with Crippen molar-refractivity contribution in [2.45, 2.75) is 0 Å². The molecule has 4 nitrogen and oxygen atoms in total. The quantitative estimate of drug-likeness (QED) is 0.716. The largest absolute Gasteiger partial charge is 0.369 e. The number of fused-ring (bicyclic) bond motifs is 1. The summed E-state index contributed by atoms with van der Waals surface area (Å²) in [6.45, 7) is 0. The van der Waals surface area contributed by atoms with Gasteiger partial charge in [0.05, 0.1) is 5.69 Å². The second kappa shape index (κ2) is 3.76. The molecule has 0 radical (unpaired) electrons. The van der Waals surface area contributed by atoms with Crippen molar-refractivity contribution >= 4 is 17.1 Å². The third kappa shape index (κ3) is 1.58. The highest BCUT2D eigenvalue weighted by atomic mass is 19.1. The fourth-order valence-electron chi connectivity index (χ4n) is 1.85. The van der Waals surface area contributed by atoms with Crippen LogP contribution in [0.15, 0.2) is 36.5 Å². The van der Waals surface area contributed by atoms with Crippen molar-refractivity contribution in [2.75, 3.05) is 5.73 Å². The summed E-state index contributed by atoms with van der Waals surface area (Å²) >= 11 is 0. The lowest BCUT2D eigenvalue weighted by atomic mass is 10.3. The zero-order valence-electron chi connectivity index (χ0n) is 9.14. The molecular weight excluding hydrogens is 238 g/mol. The van der Waals surface area contributed by atoms with Gasteiger partial charge in [-0.2, -0.15) is 0 Å². The Labute approximate surface area is 101 Å². The molecule has 3 aromatic rings. The van der Waals surface area contributed by atoms with E-state index >= 15 is 0 Å². The first-order valence-electron chi connectivity index (χ1n) is 5.20. The van der Waals surface area contributed by atoms with Crippen LogP contribution in [0.25, 0.3) is 16.9 Å². The summed E-state index contributed by atoms with van der Waals surface area (Å²) in [4.78, 5) is 8.20. The van der Waals surface area contributed by atoms with Crippen LogP contribution in [-0.4, -0.2) is 14.5 Å². The van der Waals surface area contributed by atoms with Gasteiger partial charge in [0.2, 0.25) is 5.95 Å². The van der Waals surface area contributed by atoms with Crippen molar-refractivity contribution in [3.63, 3.8) is 0 Å². The van der Waals surface area contributed by atoms with Gasteiger partial charge in [-0.3, -0.25) is 4.57 Å². The number of benzene rings is 1. The first-order valence-corrected chi connectivity index (χ1v) is 5.20. The summed E-state index contributed by atoms with van der Waals surface area (Å²) < 4.78 is 27.8. The first kappa shape index (κ1) is 10.6.